The second kappa shape index (κ2) is 4.08. The summed E-state index contributed by atoms with van der Waals surface area (Å²) in [5.41, 5.74) is 5.29. The minimum Gasteiger partial charge on any atom is -0.481 e. The van der Waals surface area contributed by atoms with Gasteiger partial charge in [-0.05, 0) is 0 Å². The minimum absolute atomic E-state index is 0.0724. The highest BCUT2D eigenvalue weighted by molar-refractivity contribution is 14.1. The zero-order valence-electron chi connectivity index (χ0n) is 4.30. The molecule has 0 radical (unpaired) electrons. The van der Waals surface area contributed by atoms with Gasteiger partial charge in [0.15, 0.2) is 0 Å². The van der Waals surface area contributed by atoms with E-state index in [1.807, 2.05) is 0 Å². The Morgan fingerprint density at radius 2 is 2.38 bits per heavy atom. The van der Waals surface area contributed by atoms with E-state index in [4.69, 9.17) is 10.8 Å². The van der Waals surface area contributed by atoms with Gasteiger partial charge in [0.1, 0.15) is 0 Å². The van der Waals surface area contributed by atoms with E-state index < -0.39 is 5.97 Å². The van der Waals surface area contributed by atoms with Crippen molar-refractivity contribution in [3.8, 4) is 0 Å². The summed E-state index contributed by atoms with van der Waals surface area (Å²) in [7, 11) is 0. The molecular formula is C4H8INO2. The number of carboxylic acids is 1. The largest absolute Gasteiger partial charge is 0.481 e. The normalized spacial score (nSPS) is 13.2. The standard InChI is InChI=1S/C4H8INO2/c5-2-3(6)1-4(7)8/h3H,1-2,6H2,(H,7,8)/t3-/m1/s1. The van der Waals surface area contributed by atoms with Gasteiger partial charge in [-0.3, -0.25) is 4.79 Å². The number of alkyl halides is 1. The molecule has 3 N–H and O–H groups in total. The Morgan fingerprint density at radius 3 is 2.50 bits per heavy atom. The lowest BCUT2D eigenvalue weighted by Gasteiger charge is -2.00. The van der Waals surface area contributed by atoms with E-state index in [1.165, 1.54) is 0 Å². The second-order valence-corrected chi connectivity index (χ2v) is 2.39. The lowest BCUT2D eigenvalue weighted by Crippen LogP contribution is -2.24. The van der Waals surface area contributed by atoms with Crippen LogP contribution in [0.2, 0.25) is 0 Å². The summed E-state index contributed by atoms with van der Waals surface area (Å²) in [6.07, 6.45) is 0.0724. The van der Waals surface area contributed by atoms with Crippen molar-refractivity contribution in [1.82, 2.24) is 0 Å². The summed E-state index contributed by atoms with van der Waals surface area (Å²) in [6, 6.07) is -0.187. The molecule has 0 aromatic rings. The van der Waals surface area contributed by atoms with E-state index in [2.05, 4.69) is 22.6 Å². The molecule has 0 bridgehead atoms. The Balaban J connectivity index is 3.24. The number of carbonyl (C=O) groups is 1. The fourth-order valence-corrected chi connectivity index (χ4v) is 0.590. The number of hydrogen-bond acceptors (Lipinski definition) is 2. The van der Waals surface area contributed by atoms with E-state index in [1.54, 1.807) is 0 Å². The Bertz CT molecular complexity index is 86.1. The Morgan fingerprint density at radius 1 is 1.88 bits per heavy atom. The van der Waals surface area contributed by atoms with Crippen LogP contribution in [0.3, 0.4) is 0 Å². The predicted octanol–water partition coefficient (Wildman–Crippen LogP) is 0.223. The van der Waals surface area contributed by atoms with Gasteiger partial charge >= 0.3 is 5.97 Å². The highest BCUT2D eigenvalue weighted by Crippen LogP contribution is 1.92. The lowest BCUT2D eigenvalue weighted by atomic mass is 10.3. The molecule has 48 valence electrons. The Kier molecular flexibility index (Phi) is 4.16. The van der Waals surface area contributed by atoms with Crippen LogP contribution in [0.5, 0.6) is 0 Å². The third-order valence-electron chi connectivity index (χ3n) is 0.635. The molecule has 0 saturated heterocycles. The summed E-state index contributed by atoms with van der Waals surface area (Å²) in [5.74, 6) is -0.825. The van der Waals surface area contributed by atoms with Gasteiger partial charge in [-0.1, -0.05) is 22.6 Å². The van der Waals surface area contributed by atoms with Gasteiger partial charge in [0.25, 0.3) is 0 Å². The van der Waals surface area contributed by atoms with E-state index in [9.17, 15) is 4.79 Å². The summed E-state index contributed by atoms with van der Waals surface area (Å²) in [6.45, 7) is 0. The molecule has 0 heterocycles. The van der Waals surface area contributed by atoms with E-state index >= 15 is 0 Å². The van der Waals surface area contributed by atoms with Gasteiger partial charge < -0.3 is 10.8 Å². The molecule has 0 rings (SSSR count). The van der Waals surface area contributed by atoms with E-state index in [0.29, 0.717) is 4.43 Å². The molecule has 0 spiro atoms. The average molecular weight is 229 g/mol. The number of nitrogens with two attached hydrogens (primary N) is 1. The molecular weight excluding hydrogens is 221 g/mol. The van der Waals surface area contributed by atoms with Crippen LogP contribution in [0.25, 0.3) is 0 Å². The van der Waals surface area contributed by atoms with Crippen LogP contribution in [-0.2, 0) is 4.79 Å². The molecule has 0 aliphatic rings. The van der Waals surface area contributed by atoms with Crippen LogP contribution in [0.4, 0.5) is 0 Å². The summed E-state index contributed by atoms with van der Waals surface area (Å²) in [4.78, 5) is 9.89. The third kappa shape index (κ3) is 4.32. The van der Waals surface area contributed by atoms with E-state index in [0.717, 1.165) is 0 Å². The van der Waals surface area contributed by atoms with Crippen molar-refractivity contribution in [3.05, 3.63) is 0 Å². The minimum atomic E-state index is -0.825. The molecule has 0 aliphatic heterocycles. The third-order valence-corrected chi connectivity index (χ3v) is 1.77. The summed E-state index contributed by atoms with van der Waals surface area (Å²) < 4.78 is 0.698. The maximum atomic E-state index is 9.89. The topological polar surface area (TPSA) is 63.3 Å². The number of hydrogen-bond donors (Lipinski definition) is 2. The van der Waals surface area contributed by atoms with Gasteiger partial charge in [0.05, 0.1) is 6.42 Å². The highest BCUT2D eigenvalue weighted by Gasteiger charge is 2.03. The fraction of sp³-hybridized carbons (Fsp3) is 0.750. The first-order valence-corrected chi connectivity index (χ1v) is 3.72. The highest BCUT2D eigenvalue weighted by atomic mass is 127. The van der Waals surface area contributed by atoms with Crippen molar-refractivity contribution >= 4 is 28.6 Å². The fourth-order valence-electron chi connectivity index (χ4n) is 0.279. The predicted molar refractivity (Wildman–Crippen MR) is 39.1 cm³/mol. The molecule has 0 aromatic carbocycles. The molecule has 1 atom stereocenters. The van der Waals surface area contributed by atoms with Crippen LogP contribution >= 0.6 is 22.6 Å². The van der Waals surface area contributed by atoms with Gasteiger partial charge in [0, 0.05) is 10.5 Å². The van der Waals surface area contributed by atoms with Gasteiger partial charge in [-0.15, -0.1) is 0 Å². The molecule has 3 nitrogen and oxygen atoms in total. The summed E-state index contributed by atoms with van der Waals surface area (Å²) >= 11 is 2.06. The number of rotatable bonds is 3. The molecule has 0 aliphatic carbocycles. The zero-order chi connectivity index (χ0) is 6.57. The molecule has 0 unspecified atom stereocenters. The smallest absolute Gasteiger partial charge is 0.304 e. The van der Waals surface area contributed by atoms with Crippen LogP contribution < -0.4 is 5.73 Å². The first kappa shape index (κ1) is 8.16. The maximum absolute atomic E-state index is 9.89. The van der Waals surface area contributed by atoms with Gasteiger partial charge in [0.2, 0.25) is 0 Å². The average Bonchev–Trinajstić information content (AvgIpc) is 1.65. The first-order chi connectivity index (χ1) is 3.66. The first-order valence-electron chi connectivity index (χ1n) is 2.20. The van der Waals surface area contributed by atoms with Crippen molar-refractivity contribution < 1.29 is 9.90 Å². The number of carboxylic acid groups (broad SMARTS) is 1. The molecule has 8 heavy (non-hydrogen) atoms. The monoisotopic (exact) mass is 229 g/mol. The molecule has 0 amide bonds. The maximum Gasteiger partial charge on any atom is 0.304 e. The second-order valence-electron chi connectivity index (χ2n) is 1.51. The number of aliphatic carboxylic acids is 1. The number of halogens is 1. The van der Waals surface area contributed by atoms with Crippen LogP contribution in [0, 0.1) is 0 Å². The molecule has 0 aromatic heterocycles. The van der Waals surface area contributed by atoms with Crippen LogP contribution in [0.15, 0.2) is 0 Å². The van der Waals surface area contributed by atoms with Gasteiger partial charge in [-0.2, -0.15) is 0 Å². The van der Waals surface area contributed by atoms with Crippen molar-refractivity contribution in [3.63, 3.8) is 0 Å². The van der Waals surface area contributed by atoms with Crippen molar-refractivity contribution in [2.45, 2.75) is 12.5 Å². The van der Waals surface area contributed by atoms with Gasteiger partial charge in [-0.25, -0.2) is 0 Å². The van der Waals surface area contributed by atoms with Crippen molar-refractivity contribution in [2.24, 2.45) is 5.73 Å². The van der Waals surface area contributed by atoms with Crippen molar-refractivity contribution in [2.75, 3.05) is 4.43 Å². The molecule has 0 fully saturated rings. The molecule has 4 heteroatoms. The SMILES string of the molecule is N[C@@H](CI)CC(=O)O. The van der Waals surface area contributed by atoms with E-state index in [-0.39, 0.29) is 12.5 Å². The Labute approximate surface area is 61.4 Å². The quantitative estimate of drug-likeness (QED) is 0.537. The van der Waals surface area contributed by atoms with Crippen LogP contribution in [0.1, 0.15) is 6.42 Å². The summed E-state index contributed by atoms with van der Waals surface area (Å²) in [5, 5.41) is 8.13. The van der Waals surface area contributed by atoms with Crippen molar-refractivity contribution in [1.29, 1.82) is 0 Å². The lowest BCUT2D eigenvalue weighted by molar-refractivity contribution is -0.137. The Hall–Kier alpha value is 0.160. The molecule has 0 saturated carbocycles. The zero-order valence-corrected chi connectivity index (χ0v) is 6.46. The van der Waals surface area contributed by atoms with Crippen LogP contribution in [-0.4, -0.2) is 21.5 Å².